The first-order valence-corrected chi connectivity index (χ1v) is 11.5. The van der Waals surface area contributed by atoms with Crippen LogP contribution in [0.3, 0.4) is 0 Å². The van der Waals surface area contributed by atoms with Gasteiger partial charge in [0.1, 0.15) is 5.82 Å². The third-order valence-corrected chi connectivity index (χ3v) is 6.94. The van der Waals surface area contributed by atoms with Crippen molar-refractivity contribution in [3.05, 3.63) is 64.3 Å². The van der Waals surface area contributed by atoms with E-state index < -0.39 is 21.6 Å². The summed E-state index contributed by atoms with van der Waals surface area (Å²) in [7, 11) is -3.66. The van der Waals surface area contributed by atoms with Gasteiger partial charge in [-0.25, -0.2) is 17.8 Å². The van der Waals surface area contributed by atoms with Crippen LogP contribution < -0.4 is 5.32 Å². The molecule has 5 nitrogen and oxygen atoms in total. The Bertz CT molecular complexity index is 1130. The second-order valence-corrected chi connectivity index (χ2v) is 9.85. The van der Waals surface area contributed by atoms with Gasteiger partial charge < -0.3 is 5.32 Å². The average Bonchev–Trinajstić information content (AvgIpc) is 3.07. The Morgan fingerprint density at radius 2 is 1.72 bits per heavy atom. The molecule has 0 aliphatic heterocycles. The smallest absolute Gasteiger partial charge is 0.227 e. The maximum Gasteiger partial charge on any atom is 0.227 e. The number of aromatic nitrogens is 1. The molecule has 8 heteroatoms. The summed E-state index contributed by atoms with van der Waals surface area (Å²) in [6, 6.07) is 8.72. The van der Waals surface area contributed by atoms with Crippen molar-refractivity contribution in [2.75, 3.05) is 11.1 Å². The minimum Gasteiger partial charge on any atom is -0.302 e. The maximum absolute atomic E-state index is 13.0. The van der Waals surface area contributed by atoms with Gasteiger partial charge in [0, 0.05) is 17.4 Å². The van der Waals surface area contributed by atoms with E-state index in [0.717, 1.165) is 34.5 Å². The van der Waals surface area contributed by atoms with Crippen LogP contribution in [0.15, 0.2) is 46.7 Å². The minimum absolute atomic E-state index is 0.00597. The predicted molar refractivity (Wildman–Crippen MR) is 113 cm³/mol. The van der Waals surface area contributed by atoms with Gasteiger partial charge >= 0.3 is 0 Å². The van der Waals surface area contributed by atoms with Crippen LogP contribution in [0.25, 0.3) is 11.3 Å². The van der Waals surface area contributed by atoms with Crippen molar-refractivity contribution >= 4 is 32.2 Å². The summed E-state index contributed by atoms with van der Waals surface area (Å²) in [6.45, 7) is 6.08. The summed E-state index contributed by atoms with van der Waals surface area (Å²) in [5, 5.41) is 4.95. The number of nitrogens with one attached hydrogen (secondary N) is 1. The molecule has 0 radical (unpaired) electrons. The number of amides is 1. The first-order chi connectivity index (χ1) is 13.7. The Balaban J connectivity index is 1.66. The van der Waals surface area contributed by atoms with Crippen molar-refractivity contribution in [3.63, 3.8) is 0 Å². The summed E-state index contributed by atoms with van der Waals surface area (Å²) >= 11 is 1.29. The maximum atomic E-state index is 13.0. The quantitative estimate of drug-likeness (QED) is 0.574. The lowest BCUT2D eigenvalue weighted by molar-refractivity contribution is -0.115. The number of nitrogens with zero attached hydrogens (tertiary/aromatic N) is 1. The fraction of sp³-hybridized carbons (Fsp3) is 0.238. The minimum atomic E-state index is -3.66. The van der Waals surface area contributed by atoms with Gasteiger partial charge in [0.25, 0.3) is 0 Å². The molecule has 3 rings (SSSR count). The molecule has 152 valence electrons. The number of hydrogen-bond acceptors (Lipinski definition) is 5. The monoisotopic (exact) mass is 432 g/mol. The number of carbonyl (C=O) groups excluding carboxylic acids is 1. The molecule has 0 spiro atoms. The molecule has 0 atom stereocenters. The highest BCUT2D eigenvalue weighted by Gasteiger charge is 2.18. The van der Waals surface area contributed by atoms with Crippen LogP contribution in [-0.2, 0) is 14.6 Å². The van der Waals surface area contributed by atoms with Crippen LogP contribution in [0.1, 0.15) is 23.1 Å². The van der Waals surface area contributed by atoms with Crippen LogP contribution in [0.5, 0.6) is 0 Å². The van der Waals surface area contributed by atoms with E-state index in [2.05, 4.69) is 22.4 Å². The van der Waals surface area contributed by atoms with Crippen LogP contribution in [-0.4, -0.2) is 25.1 Å². The van der Waals surface area contributed by atoms with E-state index in [4.69, 9.17) is 0 Å². The van der Waals surface area contributed by atoms with Gasteiger partial charge in [-0.3, -0.25) is 4.79 Å². The molecule has 0 aliphatic carbocycles. The third kappa shape index (κ3) is 5.07. The topological polar surface area (TPSA) is 76.1 Å². The summed E-state index contributed by atoms with van der Waals surface area (Å²) in [5.41, 5.74) is 5.20. The lowest BCUT2D eigenvalue weighted by Crippen LogP contribution is -2.17. The van der Waals surface area contributed by atoms with Crippen molar-refractivity contribution in [1.29, 1.82) is 0 Å². The highest BCUT2D eigenvalue weighted by atomic mass is 32.2. The second kappa shape index (κ2) is 8.42. The average molecular weight is 433 g/mol. The van der Waals surface area contributed by atoms with E-state index in [0.29, 0.717) is 5.13 Å². The van der Waals surface area contributed by atoms with Gasteiger partial charge in [-0.2, -0.15) is 0 Å². The van der Waals surface area contributed by atoms with E-state index in [9.17, 15) is 17.6 Å². The number of halogens is 1. The molecular weight excluding hydrogens is 411 g/mol. The van der Waals surface area contributed by atoms with Crippen LogP contribution in [0, 0.1) is 26.6 Å². The Hall–Kier alpha value is -2.58. The molecule has 1 aromatic heterocycles. The number of benzene rings is 2. The second-order valence-electron chi connectivity index (χ2n) is 6.88. The van der Waals surface area contributed by atoms with Crippen molar-refractivity contribution < 1.29 is 17.6 Å². The van der Waals surface area contributed by atoms with Gasteiger partial charge in [0.15, 0.2) is 15.0 Å². The Labute approximate surface area is 173 Å². The van der Waals surface area contributed by atoms with Crippen molar-refractivity contribution in [1.82, 2.24) is 4.98 Å². The SMILES string of the molecule is Cc1cc(C)c(-c2csc(NC(=O)CCS(=O)(=O)c3ccc(F)cc3)n2)c(C)c1. The number of aryl methyl sites for hydroxylation is 3. The highest BCUT2D eigenvalue weighted by Crippen LogP contribution is 2.31. The molecule has 0 aliphatic rings. The summed E-state index contributed by atoms with van der Waals surface area (Å²) in [5.74, 6) is -1.31. The first kappa shape index (κ1) is 21.1. The fourth-order valence-corrected chi connectivity index (χ4v) is 5.16. The fourth-order valence-electron chi connectivity index (χ4n) is 3.20. The first-order valence-electron chi connectivity index (χ1n) is 8.97. The van der Waals surface area contributed by atoms with Gasteiger partial charge in [0.2, 0.25) is 5.91 Å². The van der Waals surface area contributed by atoms with E-state index in [-0.39, 0.29) is 17.1 Å². The number of hydrogen-bond donors (Lipinski definition) is 1. The summed E-state index contributed by atoms with van der Waals surface area (Å²) < 4.78 is 37.5. The predicted octanol–water partition coefficient (Wildman–Crippen LogP) is 4.68. The summed E-state index contributed by atoms with van der Waals surface area (Å²) in [4.78, 5) is 16.7. The van der Waals surface area contributed by atoms with E-state index in [1.807, 2.05) is 26.2 Å². The molecule has 1 amide bonds. The zero-order valence-corrected chi connectivity index (χ0v) is 18.0. The Morgan fingerprint density at radius 1 is 1.10 bits per heavy atom. The van der Waals surface area contributed by atoms with Gasteiger partial charge in [-0.15, -0.1) is 11.3 Å². The number of sulfone groups is 1. The van der Waals surface area contributed by atoms with Gasteiger partial charge in [0.05, 0.1) is 16.3 Å². The molecule has 1 heterocycles. The lowest BCUT2D eigenvalue weighted by atomic mass is 9.98. The number of rotatable bonds is 6. The lowest BCUT2D eigenvalue weighted by Gasteiger charge is -2.08. The largest absolute Gasteiger partial charge is 0.302 e. The number of anilines is 1. The highest BCUT2D eigenvalue weighted by molar-refractivity contribution is 7.91. The van der Waals surface area contributed by atoms with Crippen molar-refractivity contribution in [3.8, 4) is 11.3 Å². The molecule has 29 heavy (non-hydrogen) atoms. The molecule has 0 fully saturated rings. The van der Waals surface area contributed by atoms with Gasteiger partial charge in [-0.1, -0.05) is 17.7 Å². The molecule has 3 aromatic rings. The van der Waals surface area contributed by atoms with Crippen molar-refractivity contribution in [2.45, 2.75) is 32.1 Å². The molecular formula is C21H21FN2O3S2. The molecule has 0 saturated heterocycles. The van der Waals surface area contributed by atoms with Crippen molar-refractivity contribution in [2.24, 2.45) is 0 Å². The Morgan fingerprint density at radius 3 is 2.34 bits per heavy atom. The summed E-state index contributed by atoms with van der Waals surface area (Å²) in [6.07, 6.45) is -0.211. The molecule has 1 N–H and O–H groups in total. The van der Waals surface area contributed by atoms with E-state index >= 15 is 0 Å². The van der Waals surface area contributed by atoms with Crippen LogP contribution in [0.4, 0.5) is 9.52 Å². The van der Waals surface area contributed by atoms with Gasteiger partial charge in [-0.05, 0) is 56.2 Å². The standard InChI is InChI=1S/C21H21FN2O3S2/c1-13-10-14(2)20(15(3)11-13)18-12-28-21(23-18)24-19(25)8-9-29(26,27)17-6-4-16(22)5-7-17/h4-7,10-12H,8-9H2,1-3H3,(H,23,24,25). The molecule has 0 saturated carbocycles. The number of carbonyl (C=O) groups is 1. The Kier molecular flexibility index (Phi) is 6.14. The molecule has 2 aromatic carbocycles. The molecule has 0 bridgehead atoms. The van der Waals surface area contributed by atoms with Crippen LogP contribution in [0.2, 0.25) is 0 Å². The van der Waals surface area contributed by atoms with Crippen LogP contribution >= 0.6 is 11.3 Å². The zero-order valence-electron chi connectivity index (χ0n) is 16.3. The third-order valence-electron chi connectivity index (χ3n) is 4.45. The molecule has 0 unspecified atom stereocenters. The zero-order chi connectivity index (χ0) is 21.2. The van der Waals surface area contributed by atoms with E-state index in [1.54, 1.807) is 0 Å². The number of thiazole rings is 1. The van der Waals surface area contributed by atoms with E-state index in [1.165, 1.54) is 29.0 Å². The normalized spacial score (nSPS) is 11.4.